The van der Waals surface area contributed by atoms with Gasteiger partial charge in [0.25, 0.3) is 0 Å². The molecule has 2 rings (SSSR count). The van der Waals surface area contributed by atoms with Gasteiger partial charge in [-0.25, -0.2) is 0 Å². The molecule has 1 nitrogen and oxygen atoms in total. The van der Waals surface area contributed by atoms with Crippen LogP contribution in [-0.4, -0.2) is 12.1 Å². The predicted octanol–water partition coefficient (Wildman–Crippen LogP) is 5.12. The summed E-state index contributed by atoms with van der Waals surface area (Å²) in [6.45, 7) is 10.2. The molecule has 21 heavy (non-hydrogen) atoms. The Morgan fingerprint density at radius 1 is 1.10 bits per heavy atom. The largest absolute Gasteiger partial charge is 0.312 e. The van der Waals surface area contributed by atoms with Gasteiger partial charge in [0.2, 0.25) is 0 Å². The van der Waals surface area contributed by atoms with Gasteiger partial charge in [0.1, 0.15) is 0 Å². The highest BCUT2D eigenvalue weighted by Gasteiger charge is 2.25. The van der Waals surface area contributed by atoms with Gasteiger partial charge in [-0.1, -0.05) is 56.4 Å². The maximum Gasteiger partial charge on any atom is 0.00966 e. The third-order valence-electron chi connectivity index (χ3n) is 4.95. The zero-order valence-electron chi connectivity index (χ0n) is 14.4. The Morgan fingerprint density at radius 3 is 2.38 bits per heavy atom. The maximum atomic E-state index is 3.76. The summed E-state index contributed by atoms with van der Waals surface area (Å²) in [4.78, 5) is 0. The highest BCUT2D eigenvalue weighted by atomic mass is 14.9. The SMILES string of the molecule is Cc1ccccc1CC(CNC(C)(C)C)C1CCCCC1. The van der Waals surface area contributed by atoms with Crippen LogP contribution < -0.4 is 5.32 Å². The molecule has 1 fully saturated rings. The molecule has 1 aliphatic carbocycles. The van der Waals surface area contributed by atoms with Crippen LogP contribution in [0.2, 0.25) is 0 Å². The molecule has 1 aliphatic rings. The fraction of sp³-hybridized carbons (Fsp3) is 0.700. The van der Waals surface area contributed by atoms with E-state index in [2.05, 4.69) is 57.3 Å². The van der Waals surface area contributed by atoms with Crippen LogP contribution in [0.15, 0.2) is 24.3 Å². The Bertz CT molecular complexity index is 424. The summed E-state index contributed by atoms with van der Waals surface area (Å²) in [6, 6.07) is 8.92. The van der Waals surface area contributed by atoms with Crippen molar-refractivity contribution >= 4 is 0 Å². The van der Waals surface area contributed by atoms with E-state index in [1.54, 1.807) is 5.56 Å². The molecule has 0 aromatic heterocycles. The van der Waals surface area contributed by atoms with E-state index >= 15 is 0 Å². The fourth-order valence-electron chi connectivity index (χ4n) is 3.57. The monoisotopic (exact) mass is 287 g/mol. The highest BCUT2D eigenvalue weighted by Crippen LogP contribution is 2.32. The van der Waals surface area contributed by atoms with Crippen LogP contribution in [0.4, 0.5) is 0 Å². The summed E-state index contributed by atoms with van der Waals surface area (Å²) in [5.74, 6) is 1.69. The highest BCUT2D eigenvalue weighted by molar-refractivity contribution is 5.26. The van der Waals surface area contributed by atoms with Crippen LogP contribution in [0.1, 0.15) is 64.0 Å². The van der Waals surface area contributed by atoms with Gasteiger partial charge in [-0.15, -0.1) is 0 Å². The van der Waals surface area contributed by atoms with Crippen molar-refractivity contribution in [1.29, 1.82) is 0 Å². The average molecular weight is 287 g/mol. The van der Waals surface area contributed by atoms with E-state index in [0.717, 1.165) is 18.4 Å². The van der Waals surface area contributed by atoms with Crippen molar-refractivity contribution in [2.24, 2.45) is 11.8 Å². The minimum Gasteiger partial charge on any atom is -0.312 e. The molecule has 1 saturated carbocycles. The lowest BCUT2D eigenvalue weighted by Crippen LogP contribution is -2.41. The predicted molar refractivity (Wildman–Crippen MR) is 92.7 cm³/mol. The molecule has 1 aromatic rings. The molecule has 1 heteroatoms. The van der Waals surface area contributed by atoms with E-state index in [1.807, 2.05) is 0 Å². The first-order valence-corrected chi connectivity index (χ1v) is 8.75. The van der Waals surface area contributed by atoms with Crippen molar-refractivity contribution in [2.75, 3.05) is 6.54 Å². The Balaban J connectivity index is 2.05. The molecule has 0 heterocycles. The second-order valence-electron chi connectivity index (χ2n) is 7.92. The lowest BCUT2D eigenvalue weighted by molar-refractivity contribution is 0.225. The van der Waals surface area contributed by atoms with Gasteiger partial charge in [-0.2, -0.15) is 0 Å². The lowest BCUT2D eigenvalue weighted by atomic mass is 9.76. The van der Waals surface area contributed by atoms with Gasteiger partial charge < -0.3 is 5.32 Å². The van der Waals surface area contributed by atoms with Crippen molar-refractivity contribution in [1.82, 2.24) is 5.32 Å². The molecule has 1 N–H and O–H groups in total. The third kappa shape index (κ3) is 5.47. The van der Waals surface area contributed by atoms with E-state index in [-0.39, 0.29) is 5.54 Å². The van der Waals surface area contributed by atoms with E-state index in [1.165, 1.54) is 44.1 Å². The first-order valence-electron chi connectivity index (χ1n) is 8.75. The molecule has 1 atom stereocenters. The zero-order valence-corrected chi connectivity index (χ0v) is 14.4. The minimum absolute atomic E-state index is 0.221. The van der Waals surface area contributed by atoms with Gasteiger partial charge in [0.15, 0.2) is 0 Å². The lowest BCUT2D eigenvalue weighted by Gasteiger charge is -2.33. The molecule has 1 aromatic carbocycles. The van der Waals surface area contributed by atoms with Crippen molar-refractivity contribution in [3.05, 3.63) is 35.4 Å². The Morgan fingerprint density at radius 2 is 1.76 bits per heavy atom. The minimum atomic E-state index is 0.221. The molecular formula is C20H33N. The van der Waals surface area contributed by atoms with Crippen LogP contribution in [0.3, 0.4) is 0 Å². The van der Waals surface area contributed by atoms with E-state index in [0.29, 0.717) is 0 Å². The number of aryl methyl sites for hydroxylation is 1. The second kappa shape index (κ2) is 7.45. The Kier molecular flexibility index (Phi) is 5.87. The number of hydrogen-bond acceptors (Lipinski definition) is 1. The number of rotatable bonds is 5. The van der Waals surface area contributed by atoms with Crippen LogP contribution in [0.25, 0.3) is 0 Å². The van der Waals surface area contributed by atoms with E-state index < -0.39 is 0 Å². The van der Waals surface area contributed by atoms with Crippen molar-refractivity contribution in [2.45, 2.75) is 71.8 Å². The Labute approximate surface area is 131 Å². The molecule has 0 spiro atoms. The summed E-state index contributed by atoms with van der Waals surface area (Å²) < 4.78 is 0. The third-order valence-corrected chi connectivity index (χ3v) is 4.95. The summed E-state index contributed by atoms with van der Waals surface area (Å²) in [6.07, 6.45) is 8.42. The normalized spacial score (nSPS) is 18.7. The second-order valence-corrected chi connectivity index (χ2v) is 7.92. The van der Waals surface area contributed by atoms with Crippen LogP contribution in [-0.2, 0) is 6.42 Å². The molecule has 0 amide bonds. The first kappa shape index (κ1) is 16.5. The zero-order chi connectivity index (χ0) is 15.3. The standard InChI is InChI=1S/C20H33N/c1-16-10-8-9-13-18(16)14-19(15-21-20(2,3)4)17-11-6-5-7-12-17/h8-10,13,17,19,21H,5-7,11-12,14-15H2,1-4H3. The van der Waals surface area contributed by atoms with Crippen molar-refractivity contribution in [3.8, 4) is 0 Å². The number of nitrogens with one attached hydrogen (secondary N) is 1. The summed E-state index contributed by atoms with van der Waals surface area (Å²) in [5, 5.41) is 3.76. The van der Waals surface area contributed by atoms with Gasteiger partial charge in [0, 0.05) is 5.54 Å². The van der Waals surface area contributed by atoms with E-state index in [9.17, 15) is 0 Å². The maximum absolute atomic E-state index is 3.76. The average Bonchev–Trinajstić information content (AvgIpc) is 2.45. The number of hydrogen-bond donors (Lipinski definition) is 1. The molecule has 118 valence electrons. The molecule has 0 bridgehead atoms. The topological polar surface area (TPSA) is 12.0 Å². The summed E-state index contributed by atoms with van der Waals surface area (Å²) in [5.41, 5.74) is 3.22. The van der Waals surface area contributed by atoms with Crippen LogP contribution in [0.5, 0.6) is 0 Å². The fourth-order valence-corrected chi connectivity index (χ4v) is 3.57. The van der Waals surface area contributed by atoms with Crippen molar-refractivity contribution in [3.63, 3.8) is 0 Å². The van der Waals surface area contributed by atoms with Crippen LogP contribution in [0, 0.1) is 18.8 Å². The molecule has 0 saturated heterocycles. The quantitative estimate of drug-likeness (QED) is 0.792. The molecule has 0 aliphatic heterocycles. The molecule has 0 radical (unpaired) electrons. The van der Waals surface area contributed by atoms with Gasteiger partial charge in [0.05, 0.1) is 0 Å². The van der Waals surface area contributed by atoms with Gasteiger partial charge >= 0.3 is 0 Å². The number of benzene rings is 1. The first-order chi connectivity index (χ1) is 9.96. The summed E-state index contributed by atoms with van der Waals surface area (Å²) in [7, 11) is 0. The van der Waals surface area contributed by atoms with Crippen molar-refractivity contribution < 1.29 is 0 Å². The van der Waals surface area contributed by atoms with Gasteiger partial charge in [-0.05, 0) is 63.6 Å². The Hall–Kier alpha value is -0.820. The van der Waals surface area contributed by atoms with E-state index in [4.69, 9.17) is 0 Å². The molecular weight excluding hydrogens is 254 g/mol. The molecule has 1 unspecified atom stereocenters. The van der Waals surface area contributed by atoms with Crippen LogP contribution >= 0.6 is 0 Å². The smallest absolute Gasteiger partial charge is 0.00966 e. The van der Waals surface area contributed by atoms with Gasteiger partial charge in [-0.3, -0.25) is 0 Å². The summed E-state index contributed by atoms with van der Waals surface area (Å²) >= 11 is 0.